The van der Waals surface area contributed by atoms with E-state index >= 15 is 0 Å². The number of carbonyl (C=O) groups is 2. The molecule has 0 aliphatic carbocycles. The van der Waals surface area contributed by atoms with Crippen molar-refractivity contribution >= 4 is 27.5 Å². The number of ether oxygens (including phenoxy) is 1. The summed E-state index contributed by atoms with van der Waals surface area (Å²) in [5, 5.41) is 0. The molecule has 0 bridgehead atoms. The van der Waals surface area contributed by atoms with Crippen LogP contribution in [0.2, 0.25) is 0 Å². The molecule has 4 rings (SSSR count). The van der Waals surface area contributed by atoms with Gasteiger partial charge >= 0.3 is 0 Å². The standard InChI is InChI=1S/C32H40N4O5S/c1-24(2)41-29-12-14-30(15-13-29)42(39,40)34-32(38)27-11-16-31-28(20-27)23-35(22-26-10-9-17-33-21-26)18-7-5-4-6-8-19-36(31)25(3)37/h9-17,20-21,24H,4-8,18-19,22-23H2,1-3H3,(H,34,38). The number of hydrogen-bond acceptors (Lipinski definition) is 7. The van der Waals surface area contributed by atoms with Crippen LogP contribution in [-0.4, -0.2) is 49.3 Å². The van der Waals surface area contributed by atoms with Gasteiger partial charge in [-0.3, -0.25) is 19.5 Å². The molecule has 0 saturated heterocycles. The summed E-state index contributed by atoms with van der Waals surface area (Å²) in [4.78, 5) is 34.3. The van der Waals surface area contributed by atoms with E-state index in [1.807, 2.05) is 32.2 Å². The van der Waals surface area contributed by atoms with E-state index < -0.39 is 15.9 Å². The zero-order valence-electron chi connectivity index (χ0n) is 24.6. The Hall–Kier alpha value is -3.76. The van der Waals surface area contributed by atoms with Gasteiger partial charge in [0.2, 0.25) is 5.91 Å². The van der Waals surface area contributed by atoms with E-state index in [1.54, 1.807) is 48.4 Å². The van der Waals surface area contributed by atoms with Gasteiger partial charge in [0.1, 0.15) is 5.75 Å². The fourth-order valence-electron chi connectivity index (χ4n) is 5.11. The van der Waals surface area contributed by atoms with Gasteiger partial charge in [-0.1, -0.05) is 25.3 Å². The number of anilines is 1. The summed E-state index contributed by atoms with van der Waals surface area (Å²) in [5.74, 6) is -0.266. The number of aromatic nitrogens is 1. The molecule has 1 aliphatic rings. The lowest BCUT2D eigenvalue weighted by molar-refractivity contribution is -0.116. The summed E-state index contributed by atoms with van der Waals surface area (Å²) in [7, 11) is -4.12. The normalized spacial score (nSPS) is 15.3. The molecule has 9 nitrogen and oxygen atoms in total. The minimum Gasteiger partial charge on any atom is -0.491 e. The molecular weight excluding hydrogens is 552 g/mol. The predicted molar refractivity (Wildman–Crippen MR) is 163 cm³/mol. The number of nitrogens with zero attached hydrogens (tertiary/aromatic N) is 3. The van der Waals surface area contributed by atoms with Crippen LogP contribution < -0.4 is 14.4 Å². The van der Waals surface area contributed by atoms with Crippen molar-refractivity contribution in [3.05, 3.63) is 83.7 Å². The molecule has 3 aromatic rings. The first-order valence-electron chi connectivity index (χ1n) is 14.5. The molecule has 1 aliphatic heterocycles. The Bertz CT molecular complexity index is 1460. The van der Waals surface area contributed by atoms with Gasteiger partial charge in [-0.25, -0.2) is 13.1 Å². The van der Waals surface area contributed by atoms with Crippen LogP contribution in [0.25, 0.3) is 0 Å². The number of sulfonamides is 1. The van der Waals surface area contributed by atoms with Crippen LogP contribution >= 0.6 is 0 Å². The number of rotatable bonds is 7. The fourth-order valence-corrected chi connectivity index (χ4v) is 6.09. The number of hydrogen-bond donors (Lipinski definition) is 1. The molecule has 224 valence electrons. The number of benzene rings is 2. The molecular formula is C32H40N4O5S. The van der Waals surface area contributed by atoms with E-state index in [9.17, 15) is 18.0 Å². The number of pyridine rings is 1. The van der Waals surface area contributed by atoms with E-state index in [-0.39, 0.29) is 22.5 Å². The van der Waals surface area contributed by atoms with Crippen LogP contribution in [0.5, 0.6) is 5.75 Å². The van der Waals surface area contributed by atoms with Gasteiger partial charge in [-0.05, 0) is 92.9 Å². The smallest absolute Gasteiger partial charge is 0.265 e. The largest absolute Gasteiger partial charge is 0.491 e. The maximum absolute atomic E-state index is 13.3. The monoisotopic (exact) mass is 592 g/mol. The van der Waals surface area contributed by atoms with Crippen molar-refractivity contribution in [1.82, 2.24) is 14.6 Å². The van der Waals surface area contributed by atoms with Gasteiger partial charge in [-0.2, -0.15) is 0 Å². The summed E-state index contributed by atoms with van der Waals surface area (Å²) in [6.45, 7) is 7.89. The van der Waals surface area contributed by atoms with Gasteiger partial charge in [-0.15, -0.1) is 0 Å². The molecule has 1 N–H and O–H groups in total. The molecule has 2 heterocycles. The summed E-state index contributed by atoms with van der Waals surface area (Å²) in [6.07, 6.45) is 8.70. The zero-order valence-corrected chi connectivity index (χ0v) is 25.4. The molecule has 0 radical (unpaired) electrons. The zero-order chi connectivity index (χ0) is 30.1. The Balaban J connectivity index is 1.63. The average molecular weight is 593 g/mol. The van der Waals surface area contributed by atoms with Gasteiger partial charge in [0.15, 0.2) is 0 Å². The molecule has 0 fully saturated rings. The van der Waals surface area contributed by atoms with E-state index in [2.05, 4.69) is 14.6 Å². The van der Waals surface area contributed by atoms with Crippen molar-refractivity contribution in [3.63, 3.8) is 0 Å². The average Bonchev–Trinajstić information content (AvgIpc) is 2.94. The summed E-state index contributed by atoms with van der Waals surface area (Å²) >= 11 is 0. The third-order valence-electron chi connectivity index (χ3n) is 7.12. The minimum atomic E-state index is -4.12. The second-order valence-electron chi connectivity index (χ2n) is 10.9. The van der Waals surface area contributed by atoms with E-state index in [4.69, 9.17) is 4.74 Å². The van der Waals surface area contributed by atoms with Crippen molar-refractivity contribution in [1.29, 1.82) is 0 Å². The van der Waals surface area contributed by atoms with Gasteiger partial charge in [0.05, 0.1) is 11.0 Å². The summed E-state index contributed by atoms with van der Waals surface area (Å²) in [6, 6.07) is 14.9. The predicted octanol–water partition coefficient (Wildman–Crippen LogP) is 5.31. The Morgan fingerprint density at radius 2 is 1.69 bits per heavy atom. The highest BCUT2D eigenvalue weighted by molar-refractivity contribution is 7.90. The van der Waals surface area contributed by atoms with Gasteiger partial charge in [0.25, 0.3) is 15.9 Å². The lowest BCUT2D eigenvalue weighted by Crippen LogP contribution is -2.33. The highest BCUT2D eigenvalue weighted by Gasteiger charge is 2.23. The van der Waals surface area contributed by atoms with Crippen molar-refractivity contribution in [3.8, 4) is 5.75 Å². The third kappa shape index (κ3) is 8.62. The number of fused-ring (bicyclic) bond motifs is 1. The molecule has 42 heavy (non-hydrogen) atoms. The summed E-state index contributed by atoms with van der Waals surface area (Å²) in [5.41, 5.74) is 2.79. The highest BCUT2D eigenvalue weighted by atomic mass is 32.2. The van der Waals surface area contributed by atoms with Crippen molar-refractivity contribution in [2.24, 2.45) is 0 Å². The van der Waals surface area contributed by atoms with E-state index in [1.165, 1.54) is 12.1 Å². The number of amides is 2. The van der Waals surface area contributed by atoms with Crippen molar-refractivity contribution in [2.45, 2.75) is 77.0 Å². The van der Waals surface area contributed by atoms with Crippen molar-refractivity contribution in [2.75, 3.05) is 18.0 Å². The van der Waals surface area contributed by atoms with Crippen molar-refractivity contribution < 1.29 is 22.7 Å². The Kier molecular flexibility index (Phi) is 10.7. The SMILES string of the molecule is CC(=O)N1CCCCCCCN(Cc2cccnc2)Cc2cc(C(=O)NS(=O)(=O)c3ccc(OC(C)C)cc3)ccc21. The van der Waals surface area contributed by atoms with Crippen LogP contribution in [0.4, 0.5) is 5.69 Å². The first kappa shape index (κ1) is 31.2. The molecule has 1 aromatic heterocycles. The van der Waals surface area contributed by atoms with Crippen LogP contribution in [-0.2, 0) is 27.9 Å². The maximum atomic E-state index is 13.3. The molecule has 0 atom stereocenters. The first-order valence-corrected chi connectivity index (χ1v) is 16.0. The molecule has 0 saturated carbocycles. The van der Waals surface area contributed by atoms with Crippen LogP contribution in [0.3, 0.4) is 0 Å². The van der Waals surface area contributed by atoms with Gasteiger partial charge in [0, 0.05) is 50.2 Å². The molecule has 2 amide bonds. The lowest BCUT2D eigenvalue weighted by atomic mass is 10.0. The van der Waals surface area contributed by atoms with E-state index in [0.717, 1.165) is 55.5 Å². The quantitative estimate of drug-likeness (QED) is 0.396. The maximum Gasteiger partial charge on any atom is 0.265 e. The first-order chi connectivity index (χ1) is 20.1. The second-order valence-corrected chi connectivity index (χ2v) is 12.6. The summed E-state index contributed by atoms with van der Waals surface area (Å²) < 4.78 is 33.9. The third-order valence-corrected chi connectivity index (χ3v) is 8.47. The molecule has 2 aromatic carbocycles. The Labute approximate surface area is 249 Å². The number of nitrogens with one attached hydrogen (secondary N) is 1. The molecule has 10 heteroatoms. The highest BCUT2D eigenvalue weighted by Crippen LogP contribution is 2.27. The Morgan fingerprint density at radius 1 is 0.976 bits per heavy atom. The van der Waals surface area contributed by atoms with Crippen LogP contribution in [0, 0.1) is 0 Å². The van der Waals surface area contributed by atoms with Gasteiger partial charge < -0.3 is 9.64 Å². The fraction of sp³-hybridized carbons (Fsp3) is 0.406. The number of carbonyl (C=O) groups excluding carboxylic acids is 2. The Morgan fingerprint density at radius 3 is 2.36 bits per heavy atom. The van der Waals surface area contributed by atoms with Crippen LogP contribution in [0.15, 0.2) is 71.9 Å². The molecule has 0 spiro atoms. The topological polar surface area (TPSA) is 109 Å². The minimum absolute atomic E-state index is 0.0383. The second kappa shape index (κ2) is 14.4. The lowest BCUT2D eigenvalue weighted by Gasteiger charge is -2.29. The van der Waals surface area contributed by atoms with E-state index in [0.29, 0.717) is 25.4 Å². The van der Waals surface area contributed by atoms with Crippen LogP contribution in [0.1, 0.15) is 74.4 Å². The molecule has 0 unspecified atom stereocenters.